The van der Waals surface area contributed by atoms with Gasteiger partial charge in [0.1, 0.15) is 6.73 Å². The summed E-state index contributed by atoms with van der Waals surface area (Å²) in [6.07, 6.45) is 19.8. The lowest BCUT2D eigenvalue weighted by molar-refractivity contribution is -0.132. The standard InChI is InChI=1S/C26H40FN3O3/c1-22(16-17-23-11-6-5-7-12-23)30(26(31)15-9-8-14-25(27)28-2)19-18-24(29-21-33-4)13-10-20-32-3/h6,8-14,22,28H,5,7,15-21H2,1-4H3/b9-8-,13-10-,25-14-,29-24+. The molecule has 0 aromatic carbocycles. The SMILES string of the molecule is CN/C(F)=C\C=C/CC(=O)N(CCC(/C=C\COC)=N/COC)C(C)CCC1=CCCC=C1. The average molecular weight is 462 g/mol. The number of carbonyl (C=O) groups excluding carboxylic acids is 1. The normalized spacial score (nSPS) is 15.8. The van der Waals surface area contributed by atoms with Crippen LogP contribution in [0.25, 0.3) is 0 Å². The van der Waals surface area contributed by atoms with E-state index in [1.165, 1.54) is 18.7 Å². The summed E-state index contributed by atoms with van der Waals surface area (Å²) >= 11 is 0. The predicted molar refractivity (Wildman–Crippen MR) is 134 cm³/mol. The lowest BCUT2D eigenvalue weighted by atomic mass is 9.99. The van der Waals surface area contributed by atoms with Crippen molar-refractivity contribution in [1.82, 2.24) is 10.2 Å². The van der Waals surface area contributed by atoms with Crippen LogP contribution in [0.3, 0.4) is 0 Å². The van der Waals surface area contributed by atoms with Gasteiger partial charge in [0.15, 0.2) is 5.95 Å². The van der Waals surface area contributed by atoms with E-state index in [9.17, 15) is 9.18 Å². The smallest absolute Gasteiger partial charge is 0.226 e. The first-order valence-electron chi connectivity index (χ1n) is 11.5. The topological polar surface area (TPSA) is 63.2 Å². The molecule has 184 valence electrons. The van der Waals surface area contributed by atoms with Crippen molar-refractivity contribution in [3.63, 3.8) is 0 Å². The molecule has 33 heavy (non-hydrogen) atoms. The number of nitrogens with zero attached hydrogens (tertiary/aromatic N) is 2. The number of halogens is 1. The largest absolute Gasteiger partial charge is 0.381 e. The zero-order chi connectivity index (χ0) is 24.3. The summed E-state index contributed by atoms with van der Waals surface area (Å²) in [5.74, 6) is -0.434. The van der Waals surface area contributed by atoms with E-state index in [4.69, 9.17) is 9.47 Å². The maximum Gasteiger partial charge on any atom is 0.226 e. The van der Waals surface area contributed by atoms with E-state index in [0.29, 0.717) is 19.6 Å². The van der Waals surface area contributed by atoms with E-state index in [1.54, 1.807) is 26.4 Å². The van der Waals surface area contributed by atoms with Gasteiger partial charge in [-0.15, -0.1) is 0 Å². The van der Waals surface area contributed by atoms with Crippen molar-refractivity contribution < 1.29 is 18.7 Å². The van der Waals surface area contributed by atoms with Crippen molar-refractivity contribution in [2.75, 3.05) is 41.1 Å². The van der Waals surface area contributed by atoms with Crippen molar-refractivity contribution in [1.29, 1.82) is 0 Å². The fourth-order valence-corrected chi connectivity index (χ4v) is 3.38. The number of allylic oxidation sites excluding steroid dienone is 7. The maximum absolute atomic E-state index is 13.2. The van der Waals surface area contributed by atoms with Crippen molar-refractivity contribution in [2.24, 2.45) is 4.99 Å². The lowest BCUT2D eigenvalue weighted by Gasteiger charge is -2.29. The van der Waals surface area contributed by atoms with Gasteiger partial charge in [-0.3, -0.25) is 9.79 Å². The molecule has 0 aromatic rings. The maximum atomic E-state index is 13.2. The van der Waals surface area contributed by atoms with Gasteiger partial charge in [0, 0.05) is 52.4 Å². The summed E-state index contributed by atoms with van der Waals surface area (Å²) in [5.41, 5.74) is 2.18. The second-order valence-electron chi connectivity index (χ2n) is 7.81. The number of rotatable bonds is 16. The Labute approximate surface area is 198 Å². The Hall–Kier alpha value is -2.51. The number of amides is 1. The second-order valence-corrected chi connectivity index (χ2v) is 7.81. The van der Waals surface area contributed by atoms with Crippen molar-refractivity contribution >= 4 is 11.6 Å². The highest BCUT2D eigenvalue weighted by Gasteiger charge is 2.19. The van der Waals surface area contributed by atoms with Crippen LogP contribution in [-0.4, -0.2) is 63.7 Å². The van der Waals surface area contributed by atoms with Gasteiger partial charge in [0.05, 0.1) is 6.61 Å². The van der Waals surface area contributed by atoms with Gasteiger partial charge in [0.2, 0.25) is 5.91 Å². The summed E-state index contributed by atoms with van der Waals surface area (Å²) in [4.78, 5) is 19.4. The van der Waals surface area contributed by atoms with Gasteiger partial charge in [-0.05, 0) is 44.8 Å². The molecule has 6 nitrogen and oxygen atoms in total. The quantitative estimate of drug-likeness (QED) is 0.202. The Bertz CT molecular complexity index is 754. The van der Waals surface area contributed by atoms with Crippen LogP contribution >= 0.6 is 0 Å². The minimum Gasteiger partial charge on any atom is -0.381 e. The Balaban J connectivity index is 2.85. The van der Waals surface area contributed by atoms with Crippen LogP contribution in [0.2, 0.25) is 0 Å². The molecule has 1 aliphatic carbocycles. The van der Waals surface area contributed by atoms with Gasteiger partial charge in [-0.25, -0.2) is 0 Å². The summed E-state index contributed by atoms with van der Waals surface area (Å²) in [6.45, 7) is 3.39. The Morgan fingerprint density at radius 2 is 2.12 bits per heavy atom. The van der Waals surface area contributed by atoms with Gasteiger partial charge in [-0.1, -0.05) is 42.0 Å². The molecule has 0 heterocycles. The van der Waals surface area contributed by atoms with E-state index in [1.807, 2.05) is 17.1 Å². The van der Waals surface area contributed by atoms with Crippen LogP contribution in [-0.2, 0) is 14.3 Å². The zero-order valence-electron chi connectivity index (χ0n) is 20.6. The molecule has 1 rings (SSSR count). The number of hydrogen-bond acceptors (Lipinski definition) is 5. The molecule has 1 N–H and O–H groups in total. The first-order chi connectivity index (χ1) is 16.0. The van der Waals surface area contributed by atoms with Crippen molar-refractivity contribution in [3.8, 4) is 0 Å². The molecule has 0 aliphatic heterocycles. The predicted octanol–water partition coefficient (Wildman–Crippen LogP) is 4.87. The van der Waals surface area contributed by atoms with Crippen LogP contribution in [0.5, 0.6) is 0 Å². The molecule has 0 spiro atoms. The molecule has 1 unspecified atom stereocenters. The second kappa shape index (κ2) is 18.0. The Morgan fingerprint density at radius 3 is 2.79 bits per heavy atom. The summed E-state index contributed by atoms with van der Waals surface area (Å²) in [7, 11) is 4.75. The van der Waals surface area contributed by atoms with Crippen molar-refractivity contribution in [3.05, 3.63) is 60.1 Å². The third-order valence-corrected chi connectivity index (χ3v) is 5.26. The molecule has 0 radical (unpaired) electrons. The number of carbonyl (C=O) groups is 1. The van der Waals surface area contributed by atoms with E-state index in [-0.39, 0.29) is 25.1 Å². The molecule has 0 bridgehead atoms. The molecule has 0 saturated carbocycles. The fourth-order valence-electron chi connectivity index (χ4n) is 3.38. The van der Waals surface area contributed by atoms with Crippen molar-refractivity contribution in [2.45, 2.75) is 51.5 Å². The average Bonchev–Trinajstić information content (AvgIpc) is 2.84. The van der Waals surface area contributed by atoms with Gasteiger partial charge in [-0.2, -0.15) is 4.39 Å². The highest BCUT2D eigenvalue weighted by Crippen LogP contribution is 2.19. The first kappa shape index (κ1) is 28.5. The third kappa shape index (κ3) is 12.9. The Kier molecular flexibility index (Phi) is 15.5. The van der Waals surface area contributed by atoms with Crippen LogP contribution < -0.4 is 5.32 Å². The highest BCUT2D eigenvalue weighted by atomic mass is 19.1. The van der Waals surface area contributed by atoms with Crippen LogP contribution in [0, 0.1) is 0 Å². The van der Waals surface area contributed by atoms with E-state index >= 15 is 0 Å². The zero-order valence-corrected chi connectivity index (χ0v) is 20.6. The molecule has 1 atom stereocenters. The number of ether oxygens (including phenoxy) is 2. The molecule has 0 fully saturated rings. The molecule has 1 amide bonds. The first-order valence-corrected chi connectivity index (χ1v) is 11.5. The van der Waals surface area contributed by atoms with Crippen LogP contribution in [0.1, 0.15) is 45.4 Å². The van der Waals surface area contributed by atoms with E-state index in [2.05, 4.69) is 35.5 Å². The molecule has 7 heteroatoms. The summed E-state index contributed by atoms with van der Waals surface area (Å²) in [6, 6.07) is 0.0679. The lowest BCUT2D eigenvalue weighted by Crippen LogP contribution is -2.39. The molecular weight excluding hydrogens is 421 g/mol. The highest BCUT2D eigenvalue weighted by molar-refractivity contribution is 5.95. The third-order valence-electron chi connectivity index (χ3n) is 5.26. The van der Waals surface area contributed by atoms with Gasteiger partial charge in [0.25, 0.3) is 0 Å². The molecule has 1 aliphatic rings. The van der Waals surface area contributed by atoms with E-state index in [0.717, 1.165) is 31.4 Å². The molecule has 0 saturated heterocycles. The number of aliphatic imine (C=N–C) groups is 1. The summed E-state index contributed by atoms with van der Waals surface area (Å²) in [5, 5.41) is 2.41. The Morgan fingerprint density at radius 1 is 1.30 bits per heavy atom. The van der Waals surface area contributed by atoms with Gasteiger partial charge < -0.3 is 19.7 Å². The minimum absolute atomic E-state index is 0.0112. The minimum atomic E-state index is -0.445. The summed E-state index contributed by atoms with van der Waals surface area (Å²) < 4.78 is 23.4. The van der Waals surface area contributed by atoms with Crippen LogP contribution in [0.4, 0.5) is 4.39 Å². The molecule has 0 aromatic heterocycles. The monoisotopic (exact) mass is 461 g/mol. The number of nitrogens with one attached hydrogen (secondary N) is 1. The van der Waals surface area contributed by atoms with Gasteiger partial charge >= 0.3 is 0 Å². The number of hydrogen-bond donors (Lipinski definition) is 1. The van der Waals surface area contributed by atoms with Crippen LogP contribution in [0.15, 0.2) is 65.1 Å². The fraction of sp³-hybridized carbons (Fsp3) is 0.538. The number of methoxy groups -OCH3 is 2. The van der Waals surface area contributed by atoms with E-state index < -0.39 is 5.95 Å². The molecular formula is C26H40FN3O3.